The van der Waals surface area contributed by atoms with E-state index < -0.39 is 0 Å². The van der Waals surface area contributed by atoms with Crippen molar-refractivity contribution in [1.29, 1.82) is 0 Å². The first-order valence-electron chi connectivity index (χ1n) is 6.06. The Bertz CT molecular complexity index is 532. The minimum atomic E-state index is 0.400. The monoisotopic (exact) mass is 229 g/mol. The Kier molecular flexibility index (Phi) is 3.29. The number of nitrogens with two attached hydrogens (primary N) is 1. The molecule has 0 atom stereocenters. The van der Waals surface area contributed by atoms with E-state index >= 15 is 0 Å². The largest absolute Gasteiger partial charge is 0.323 e. The lowest BCUT2D eigenvalue weighted by atomic mass is 10.0. The molecule has 2 rings (SSSR count). The number of fused-ring (bicyclic) bond motifs is 1. The molecule has 0 aliphatic rings. The summed E-state index contributed by atoms with van der Waals surface area (Å²) < 4.78 is 0. The highest BCUT2D eigenvalue weighted by atomic mass is 15.2. The van der Waals surface area contributed by atoms with Crippen molar-refractivity contribution >= 4 is 16.6 Å². The first-order chi connectivity index (χ1) is 8.15. The third kappa shape index (κ3) is 2.24. The number of hydrazine groups is 1. The number of hydrogen-bond donors (Lipinski definition) is 2. The Labute approximate surface area is 102 Å². The number of nitrogens with one attached hydrogen (secondary N) is 1. The van der Waals surface area contributed by atoms with Gasteiger partial charge in [0.15, 0.2) is 0 Å². The molecule has 90 valence electrons. The Morgan fingerprint density at radius 2 is 2.06 bits per heavy atom. The van der Waals surface area contributed by atoms with Crippen LogP contribution in [0.25, 0.3) is 10.9 Å². The van der Waals surface area contributed by atoms with Crippen LogP contribution in [-0.2, 0) is 6.42 Å². The number of hydrogen-bond acceptors (Lipinski definition) is 3. The van der Waals surface area contributed by atoms with Crippen LogP contribution >= 0.6 is 0 Å². The van der Waals surface area contributed by atoms with Crippen molar-refractivity contribution < 1.29 is 0 Å². The normalized spacial score (nSPS) is 11.1. The van der Waals surface area contributed by atoms with Crippen LogP contribution in [0.4, 0.5) is 5.69 Å². The maximum absolute atomic E-state index is 5.60. The summed E-state index contributed by atoms with van der Waals surface area (Å²) in [7, 11) is 0. The van der Waals surface area contributed by atoms with Crippen molar-refractivity contribution in [1.82, 2.24) is 4.98 Å². The highest BCUT2D eigenvalue weighted by molar-refractivity contribution is 5.91. The summed E-state index contributed by atoms with van der Waals surface area (Å²) >= 11 is 0. The van der Waals surface area contributed by atoms with Crippen LogP contribution in [0, 0.1) is 0 Å². The number of nitrogens with zero attached hydrogens (tertiary/aromatic N) is 1. The van der Waals surface area contributed by atoms with E-state index in [1.54, 1.807) is 0 Å². The molecule has 1 aromatic carbocycles. The Morgan fingerprint density at radius 1 is 1.29 bits per heavy atom. The predicted molar refractivity (Wildman–Crippen MR) is 73.0 cm³/mol. The quantitative estimate of drug-likeness (QED) is 0.627. The van der Waals surface area contributed by atoms with Gasteiger partial charge in [0, 0.05) is 11.1 Å². The molecule has 3 nitrogen and oxygen atoms in total. The molecule has 0 aliphatic heterocycles. The number of rotatable bonds is 3. The lowest BCUT2D eigenvalue weighted by molar-refractivity contribution is 0.830. The maximum atomic E-state index is 5.60. The van der Waals surface area contributed by atoms with Crippen molar-refractivity contribution in [2.45, 2.75) is 33.1 Å². The molecule has 0 fully saturated rings. The molecule has 1 aromatic heterocycles. The van der Waals surface area contributed by atoms with Gasteiger partial charge < -0.3 is 5.43 Å². The molecule has 0 unspecified atom stereocenters. The van der Waals surface area contributed by atoms with Crippen LogP contribution in [0.5, 0.6) is 0 Å². The van der Waals surface area contributed by atoms with Crippen LogP contribution in [0.2, 0.25) is 0 Å². The highest BCUT2D eigenvalue weighted by Crippen LogP contribution is 2.26. The van der Waals surface area contributed by atoms with Gasteiger partial charge in [-0.3, -0.25) is 10.8 Å². The molecule has 3 N–H and O–H groups in total. The number of nitrogen functional groups attached to an aromatic ring is 1. The van der Waals surface area contributed by atoms with E-state index in [2.05, 4.69) is 49.4 Å². The van der Waals surface area contributed by atoms with Crippen LogP contribution < -0.4 is 11.3 Å². The van der Waals surface area contributed by atoms with Crippen LogP contribution in [0.3, 0.4) is 0 Å². The molecule has 2 aromatic rings. The zero-order valence-corrected chi connectivity index (χ0v) is 10.6. The predicted octanol–water partition coefficient (Wildman–Crippen LogP) is 3.21. The van der Waals surface area contributed by atoms with E-state index in [1.807, 2.05) is 6.07 Å². The van der Waals surface area contributed by atoms with Crippen LogP contribution in [0.1, 0.15) is 37.9 Å². The first kappa shape index (κ1) is 11.9. The molecule has 0 radical (unpaired) electrons. The first-order valence-corrected chi connectivity index (χ1v) is 6.06. The minimum absolute atomic E-state index is 0.400. The highest BCUT2D eigenvalue weighted by Gasteiger charge is 2.08. The molecule has 17 heavy (non-hydrogen) atoms. The standard InChI is InChI=1S/C14H19N3/c1-4-10-5-6-12-11(7-10)14(17-15)8-13(16-12)9(2)3/h5-9H,4,15H2,1-3H3,(H,16,17). The summed E-state index contributed by atoms with van der Waals surface area (Å²) in [4.78, 5) is 4.66. The molecular weight excluding hydrogens is 210 g/mol. The fourth-order valence-electron chi connectivity index (χ4n) is 1.93. The van der Waals surface area contributed by atoms with E-state index in [4.69, 9.17) is 5.84 Å². The van der Waals surface area contributed by atoms with Gasteiger partial charge in [0.1, 0.15) is 0 Å². The van der Waals surface area contributed by atoms with Crippen molar-refractivity contribution in [2.75, 3.05) is 5.43 Å². The van der Waals surface area contributed by atoms with Gasteiger partial charge in [-0.2, -0.15) is 0 Å². The van der Waals surface area contributed by atoms with Crippen molar-refractivity contribution in [3.8, 4) is 0 Å². The number of anilines is 1. The molecule has 0 saturated heterocycles. The molecular formula is C14H19N3. The SMILES string of the molecule is CCc1ccc2nc(C(C)C)cc(NN)c2c1. The molecule has 0 aliphatic carbocycles. The second-order valence-electron chi connectivity index (χ2n) is 4.60. The van der Waals surface area contributed by atoms with Gasteiger partial charge >= 0.3 is 0 Å². The zero-order chi connectivity index (χ0) is 12.4. The van der Waals surface area contributed by atoms with Crippen LogP contribution in [-0.4, -0.2) is 4.98 Å². The molecule has 1 heterocycles. The van der Waals surface area contributed by atoms with Crippen molar-refractivity contribution in [3.05, 3.63) is 35.5 Å². The second-order valence-corrected chi connectivity index (χ2v) is 4.60. The zero-order valence-electron chi connectivity index (χ0n) is 10.6. The fourth-order valence-corrected chi connectivity index (χ4v) is 1.93. The average molecular weight is 229 g/mol. The third-order valence-corrected chi connectivity index (χ3v) is 3.05. The number of benzene rings is 1. The van der Waals surface area contributed by atoms with Gasteiger partial charge in [-0.15, -0.1) is 0 Å². The Balaban J connectivity index is 2.68. The number of aryl methyl sites for hydroxylation is 1. The van der Waals surface area contributed by atoms with E-state index in [-0.39, 0.29) is 0 Å². The van der Waals surface area contributed by atoms with Crippen molar-refractivity contribution in [2.24, 2.45) is 5.84 Å². The lowest BCUT2D eigenvalue weighted by Crippen LogP contribution is -2.09. The summed E-state index contributed by atoms with van der Waals surface area (Å²) in [6, 6.07) is 8.38. The van der Waals surface area contributed by atoms with E-state index in [0.717, 1.165) is 28.7 Å². The van der Waals surface area contributed by atoms with E-state index in [0.29, 0.717) is 5.92 Å². The van der Waals surface area contributed by atoms with E-state index in [9.17, 15) is 0 Å². The molecule has 3 heteroatoms. The minimum Gasteiger partial charge on any atom is -0.323 e. The summed E-state index contributed by atoms with van der Waals surface area (Å²) in [5.41, 5.74) is 7.09. The average Bonchev–Trinajstić information content (AvgIpc) is 2.36. The van der Waals surface area contributed by atoms with Crippen LogP contribution in [0.15, 0.2) is 24.3 Å². The topological polar surface area (TPSA) is 50.9 Å². The molecule has 0 spiro atoms. The molecule has 0 bridgehead atoms. The number of aromatic nitrogens is 1. The van der Waals surface area contributed by atoms with Gasteiger partial charge in [0.25, 0.3) is 0 Å². The lowest BCUT2D eigenvalue weighted by Gasteiger charge is -2.12. The second kappa shape index (κ2) is 4.72. The third-order valence-electron chi connectivity index (χ3n) is 3.05. The van der Waals surface area contributed by atoms with Gasteiger partial charge in [0.05, 0.1) is 11.2 Å². The maximum Gasteiger partial charge on any atom is 0.0726 e. The fraction of sp³-hybridized carbons (Fsp3) is 0.357. The smallest absolute Gasteiger partial charge is 0.0726 e. The summed E-state index contributed by atoms with van der Waals surface area (Å²) in [5.74, 6) is 6.00. The Hall–Kier alpha value is -1.61. The summed E-state index contributed by atoms with van der Waals surface area (Å²) in [6.45, 7) is 6.41. The molecule has 0 amide bonds. The Morgan fingerprint density at radius 3 is 2.65 bits per heavy atom. The number of pyridine rings is 1. The molecule has 0 saturated carbocycles. The summed E-state index contributed by atoms with van der Waals surface area (Å²) in [5, 5.41) is 1.09. The van der Waals surface area contributed by atoms with Crippen molar-refractivity contribution in [3.63, 3.8) is 0 Å². The van der Waals surface area contributed by atoms with Gasteiger partial charge in [0.2, 0.25) is 0 Å². The van der Waals surface area contributed by atoms with Gasteiger partial charge in [-0.05, 0) is 36.1 Å². The van der Waals surface area contributed by atoms with Gasteiger partial charge in [-0.25, -0.2) is 0 Å². The van der Waals surface area contributed by atoms with Gasteiger partial charge in [-0.1, -0.05) is 26.8 Å². The summed E-state index contributed by atoms with van der Waals surface area (Å²) in [6.07, 6.45) is 1.02. The van der Waals surface area contributed by atoms with E-state index in [1.165, 1.54) is 5.56 Å².